The fourth-order valence-electron chi connectivity index (χ4n) is 2.90. The summed E-state index contributed by atoms with van der Waals surface area (Å²) in [5.74, 6) is 0.371. The number of aryl methyl sites for hydroxylation is 1. The molecule has 174 valence electrons. The molecular formula is C23H31N3O4S2. The SMILES string of the molecule is CSCCC(NS(=O)(=O)c1ccc(C)cc1)C(=O)Nc1ccc(NC(=O)CC(C)C)cc1. The molecule has 0 aliphatic carbocycles. The van der Waals surface area contributed by atoms with E-state index in [4.69, 9.17) is 0 Å². The van der Waals surface area contributed by atoms with E-state index < -0.39 is 22.0 Å². The molecule has 0 bridgehead atoms. The van der Waals surface area contributed by atoms with Gasteiger partial charge in [0.05, 0.1) is 4.90 Å². The van der Waals surface area contributed by atoms with Crippen molar-refractivity contribution in [1.82, 2.24) is 4.72 Å². The van der Waals surface area contributed by atoms with E-state index in [-0.39, 0.29) is 16.7 Å². The van der Waals surface area contributed by atoms with Gasteiger partial charge in [-0.15, -0.1) is 0 Å². The number of amides is 2. The molecule has 0 radical (unpaired) electrons. The van der Waals surface area contributed by atoms with Crippen LogP contribution in [0, 0.1) is 12.8 Å². The minimum absolute atomic E-state index is 0.0700. The fourth-order valence-corrected chi connectivity index (χ4v) is 4.60. The lowest BCUT2D eigenvalue weighted by Gasteiger charge is -2.18. The summed E-state index contributed by atoms with van der Waals surface area (Å²) in [6, 6.07) is 12.3. The Labute approximate surface area is 194 Å². The van der Waals surface area contributed by atoms with Gasteiger partial charge in [-0.3, -0.25) is 9.59 Å². The maximum atomic E-state index is 12.8. The van der Waals surface area contributed by atoms with Crippen LogP contribution in [-0.4, -0.2) is 38.3 Å². The number of hydrogen-bond acceptors (Lipinski definition) is 5. The van der Waals surface area contributed by atoms with E-state index in [1.165, 1.54) is 23.9 Å². The summed E-state index contributed by atoms with van der Waals surface area (Å²) in [6.07, 6.45) is 2.67. The first-order valence-corrected chi connectivity index (χ1v) is 13.3. The number of thioether (sulfide) groups is 1. The molecule has 2 amide bonds. The predicted molar refractivity (Wildman–Crippen MR) is 131 cm³/mol. The molecule has 0 aromatic heterocycles. The van der Waals surface area contributed by atoms with E-state index in [1.54, 1.807) is 36.4 Å². The van der Waals surface area contributed by atoms with E-state index >= 15 is 0 Å². The molecule has 0 fully saturated rings. The van der Waals surface area contributed by atoms with Crippen molar-refractivity contribution in [2.24, 2.45) is 5.92 Å². The van der Waals surface area contributed by atoms with Crippen molar-refractivity contribution in [2.45, 2.75) is 44.6 Å². The van der Waals surface area contributed by atoms with E-state index in [0.29, 0.717) is 30.0 Å². The van der Waals surface area contributed by atoms with Crippen LogP contribution in [0.2, 0.25) is 0 Å². The molecule has 0 heterocycles. The summed E-state index contributed by atoms with van der Waals surface area (Å²) in [7, 11) is -3.84. The van der Waals surface area contributed by atoms with Crippen molar-refractivity contribution >= 4 is 45.0 Å². The number of carbonyl (C=O) groups is 2. The second-order valence-corrected chi connectivity index (χ2v) is 10.7. The Morgan fingerprint density at radius 2 is 1.50 bits per heavy atom. The quantitative estimate of drug-likeness (QED) is 0.453. The Kier molecular flexibility index (Phi) is 9.74. The van der Waals surface area contributed by atoms with Crippen LogP contribution in [0.5, 0.6) is 0 Å². The summed E-state index contributed by atoms with van der Waals surface area (Å²) in [5.41, 5.74) is 2.10. The molecule has 0 spiro atoms. The second-order valence-electron chi connectivity index (χ2n) is 7.98. The molecule has 2 rings (SSSR count). The van der Waals surface area contributed by atoms with Crippen molar-refractivity contribution in [3.63, 3.8) is 0 Å². The Bertz CT molecular complexity index is 1000. The fraction of sp³-hybridized carbons (Fsp3) is 0.391. The van der Waals surface area contributed by atoms with Crippen LogP contribution in [0.1, 0.15) is 32.3 Å². The van der Waals surface area contributed by atoms with E-state index in [0.717, 1.165) is 5.56 Å². The number of nitrogens with one attached hydrogen (secondary N) is 3. The molecule has 0 saturated carbocycles. The largest absolute Gasteiger partial charge is 0.326 e. The van der Waals surface area contributed by atoms with Crippen molar-refractivity contribution in [3.8, 4) is 0 Å². The van der Waals surface area contributed by atoms with Gasteiger partial charge in [-0.25, -0.2) is 8.42 Å². The molecule has 0 aliphatic heterocycles. The average molecular weight is 478 g/mol. The lowest BCUT2D eigenvalue weighted by molar-refractivity contribution is -0.118. The molecule has 0 saturated heterocycles. The first-order valence-electron chi connectivity index (χ1n) is 10.4. The Morgan fingerprint density at radius 3 is 2.03 bits per heavy atom. The standard InChI is InChI=1S/C23H31N3O4S2/c1-16(2)15-22(27)24-18-7-9-19(10-8-18)25-23(28)21(13-14-31-4)26-32(29,30)20-11-5-17(3)6-12-20/h5-12,16,21,26H,13-15H2,1-4H3,(H,24,27)(H,25,28). The highest BCUT2D eigenvalue weighted by molar-refractivity contribution is 7.98. The van der Waals surface area contributed by atoms with Gasteiger partial charge in [0, 0.05) is 17.8 Å². The molecule has 9 heteroatoms. The number of anilines is 2. The zero-order chi connectivity index (χ0) is 23.7. The second kappa shape index (κ2) is 12.0. The Hall–Kier alpha value is -2.36. The molecule has 2 aromatic carbocycles. The van der Waals surface area contributed by atoms with Crippen LogP contribution < -0.4 is 15.4 Å². The summed E-state index contributed by atoms with van der Waals surface area (Å²) in [6.45, 7) is 5.82. The van der Waals surface area contributed by atoms with Crippen molar-refractivity contribution in [2.75, 3.05) is 22.6 Å². The van der Waals surface area contributed by atoms with Gasteiger partial charge in [0.2, 0.25) is 21.8 Å². The minimum atomic E-state index is -3.84. The summed E-state index contributed by atoms with van der Waals surface area (Å²) in [4.78, 5) is 24.9. The van der Waals surface area contributed by atoms with Gasteiger partial charge < -0.3 is 10.6 Å². The maximum absolute atomic E-state index is 12.8. The number of sulfonamides is 1. The third-order valence-corrected chi connectivity index (χ3v) is 6.72. The highest BCUT2D eigenvalue weighted by atomic mass is 32.2. The Balaban J connectivity index is 2.07. The van der Waals surface area contributed by atoms with Crippen molar-refractivity contribution in [3.05, 3.63) is 54.1 Å². The van der Waals surface area contributed by atoms with E-state index in [1.807, 2.05) is 27.0 Å². The number of rotatable bonds is 11. The van der Waals surface area contributed by atoms with Gasteiger partial charge >= 0.3 is 0 Å². The highest BCUT2D eigenvalue weighted by Gasteiger charge is 2.25. The van der Waals surface area contributed by atoms with Gasteiger partial charge in [-0.2, -0.15) is 16.5 Å². The lowest BCUT2D eigenvalue weighted by Crippen LogP contribution is -2.44. The summed E-state index contributed by atoms with van der Waals surface area (Å²) >= 11 is 1.53. The smallest absolute Gasteiger partial charge is 0.242 e. The van der Waals surface area contributed by atoms with Gasteiger partial charge in [0.15, 0.2) is 0 Å². The summed E-state index contributed by atoms with van der Waals surface area (Å²) in [5, 5.41) is 5.57. The van der Waals surface area contributed by atoms with Gasteiger partial charge in [0.1, 0.15) is 6.04 Å². The lowest BCUT2D eigenvalue weighted by atomic mass is 10.1. The number of benzene rings is 2. The van der Waals surface area contributed by atoms with Crippen LogP contribution in [0.25, 0.3) is 0 Å². The molecule has 7 nitrogen and oxygen atoms in total. The van der Waals surface area contributed by atoms with Crippen LogP contribution in [0.15, 0.2) is 53.4 Å². The normalized spacial score (nSPS) is 12.4. The highest BCUT2D eigenvalue weighted by Crippen LogP contribution is 2.17. The van der Waals surface area contributed by atoms with Crippen molar-refractivity contribution < 1.29 is 18.0 Å². The van der Waals surface area contributed by atoms with Gasteiger partial charge in [0.25, 0.3) is 0 Å². The molecule has 1 unspecified atom stereocenters. The predicted octanol–water partition coefficient (Wildman–Crippen LogP) is 4.02. The number of carbonyl (C=O) groups excluding carboxylic acids is 2. The molecule has 1 atom stereocenters. The van der Waals surface area contributed by atoms with Crippen LogP contribution >= 0.6 is 11.8 Å². The van der Waals surface area contributed by atoms with Crippen molar-refractivity contribution in [1.29, 1.82) is 0 Å². The van der Waals surface area contributed by atoms with Gasteiger partial charge in [-0.1, -0.05) is 31.5 Å². The van der Waals surface area contributed by atoms with Gasteiger partial charge in [-0.05, 0) is 67.7 Å². The molecule has 3 N–H and O–H groups in total. The van der Waals surface area contributed by atoms with Crippen LogP contribution in [-0.2, 0) is 19.6 Å². The van der Waals surface area contributed by atoms with E-state index in [9.17, 15) is 18.0 Å². The number of hydrogen-bond donors (Lipinski definition) is 3. The third kappa shape index (κ3) is 8.29. The molecular weight excluding hydrogens is 446 g/mol. The van der Waals surface area contributed by atoms with E-state index in [2.05, 4.69) is 15.4 Å². The first-order chi connectivity index (χ1) is 15.1. The molecule has 32 heavy (non-hydrogen) atoms. The zero-order valence-corrected chi connectivity index (χ0v) is 20.5. The van der Waals surface area contributed by atoms with Crippen LogP contribution in [0.4, 0.5) is 11.4 Å². The monoisotopic (exact) mass is 477 g/mol. The minimum Gasteiger partial charge on any atom is -0.326 e. The van der Waals surface area contributed by atoms with Crippen LogP contribution in [0.3, 0.4) is 0 Å². The molecule has 0 aliphatic rings. The zero-order valence-electron chi connectivity index (χ0n) is 18.8. The first kappa shape index (κ1) is 25.9. The third-order valence-electron chi connectivity index (χ3n) is 4.59. The Morgan fingerprint density at radius 1 is 0.938 bits per heavy atom. The summed E-state index contributed by atoms with van der Waals surface area (Å²) < 4.78 is 28.0. The average Bonchev–Trinajstić information content (AvgIpc) is 2.72. The molecule has 2 aromatic rings. The maximum Gasteiger partial charge on any atom is 0.242 e. The topological polar surface area (TPSA) is 104 Å².